The number of rotatable bonds is 5. The molecule has 0 N–H and O–H groups in total. The fraction of sp³-hybridized carbons (Fsp3) is 0.158. The quantitative estimate of drug-likeness (QED) is 0.360. The van der Waals surface area contributed by atoms with Crippen molar-refractivity contribution in [1.82, 2.24) is 9.78 Å². The van der Waals surface area contributed by atoms with E-state index in [1.807, 2.05) is 0 Å². The standard InChI is InChI=1S/C19H12Cl2F4N2O3S/c1-27-16(10-4-11(19(23,24)25)6-13(22)5-10)8-15(26-27)17(28)9-31(29,30)18-7-12(20)2-3-14(18)21/h2-8H,9H2,1H3. The van der Waals surface area contributed by atoms with Crippen molar-refractivity contribution in [2.75, 3.05) is 5.75 Å². The maximum absolute atomic E-state index is 13.7. The minimum Gasteiger partial charge on any atom is -0.291 e. The first-order valence-electron chi connectivity index (χ1n) is 8.41. The lowest BCUT2D eigenvalue weighted by molar-refractivity contribution is -0.137. The van der Waals surface area contributed by atoms with Gasteiger partial charge >= 0.3 is 6.18 Å². The van der Waals surface area contributed by atoms with Crippen molar-refractivity contribution >= 4 is 38.8 Å². The zero-order chi connectivity index (χ0) is 23.1. The van der Waals surface area contributed by atoms with E-state index in [9.17, 15) is 30.8 Å². The zero-order valence-electron chi connectivity index (χ0n) is 15.5. The molecule has 0 saturated heterocycles. The van der Waals surface area contributed by atoms with Crippen LogP contribution < -0.4 is 0 Å². The highest BCUT2D eigenvalue weighted by atomic mass is 35.5. The van der Waals surface area contributed by atoms with Crippen LogP contribution in [-0.4, -0.2) is 29.7 Å². The van der Waals surface area contributed by atoms with Crippen molar-refractivity contribution < 1.29 is 30.8 Å². The Morgan fingerprint density at radius 3 is 2.42 bits per heavy atom. The van der Waals surface area contributed by atoms with Crippen LogP contribution in [0.1, 0.15) is 16.1 Å². The third-order valence-electron chi connectivity index (χ3n) is 4.24. The van der Waals surface area contributed by atoms with Gasteiger partial charge in [0.25, 0.3) is 0 Å². The van der Waals surface area contributed by atoms with Crippen LogP contribution in [0.4, 0.5) is 17.6 Å². The van der Waals surface area contributed by atoms with Crippen molar-refractivity contribution in [3.63, 3.8) is 0 Å². The van der Waals surface area contributed by atoms with Crippen LogP contribution in [0.25, 0.3) is 11.3 Å². The minimum atomic E-state index is -4.78. The second kappa shape index (κ2) is 8.25. The Morgan fingerprint density at radius 2 is 1.77 bits per heavy atom. The highest BCUT2D eigenvalue weighted by Gasteiger charge is 2.32. The number of hydrogen-bond acceptors (Lipinski definition) is 4. The Morgan fingerprint density at radius 1 is 1.10 bits per heavy atom. The number of aromatic nitrogens is 2. The first-order valence-corrected chi connectivity index (χ1v) is 10.8. The first kappa shape index (κ1) is 23.2. The summed E-state index contributed by atoms with van der Waals surface area (Å²) >= 11 is 11.7. The van der Waals surface area contributed by atoms with Crippen LogP contribution in [0.2, 0.25) is 10.0 Å². The summed E-state index contributed by atoms with van der Waals surface area (Å²) in [6.45, 7) is 0. The molecule has 0 unspecified atom stereocenters. The molecule has 0 aliphatic rings. The number of nitrogens with zero attached hydrogens (tertiary/aromatic N) is 2. The highest BCUT2D eigenvalue weighted by molar-refractivity contribution is 7.92. The maximum Gasteiger partial charge on any atom is 0.416 e. The molecule has 0 amide bonds. The average molecular weight is 495 g/mol. The minimum absolute atomic E-state index is 0.00784. The van der Waals surface area contributed by atoms with Gasteiger partial charge < -0.3 is 0 Å². The number of carbonyl (C=O) groups is 1. The molecule has 5 nitrogen and oxygen atoms in total. The number of benzene rings is 2. The predicted molar refractivity (Wildman–Crippen MR) is 106 cm³/mol. The third kappa shape index (κ3) is 5.08. The molecule has 3 rings (SSSR count). The number of alkyl halides is 3. The first-order chi connectivity index (χ1) is 14.3. The van der Waals surface area contributed by atoms with Crippen LogP contribution in [0.3, 0.4) is 0 Å². The Kier molecular flexibility index (Phi) is 6.18. The predicted octanol–water partition coefficient (Wildman–Crippen LogP) is 5.21. The summed E-state index contributed by atoms with van der Waals surface area (Å²) in [6, 6.07) is 6.73. The van der Waals surface area contributed by atoms with Gasteiger partial charge in [-0.25, -0.2) is 12.8 Å². The molecule has 0 aliphatic heterocycles. The van der Waals surface area contributed by atoms with Crippen molar-refractivity contribution in [2.24, 2.45) is 7.05 Å². The molecule has 2 aromatic carbocycles. The maximum atomic E-state index is 13.7. The van der Waals surface area contributed by atoms with E-state index in [-0.39, 0.29) is 31.9 Å². The molecule has 0 atom stereocenters. The number of sulfone groups is 1. The van der Waals surface area contributed by atoms with Crippen molar-refractivity contribution in [2.45, 2.75) is 11.1 Å². The lowest BCUT2D eigenvalue weighted by atomic mass is 10.1. The van der Waals surface area contributed by atoms with Crippen molar-refractivity contribution in [1.29, 1.82) is 0 Å². The molecule has 1 heterocycles. The van der Waals surface area contributed by atoms with E-state index in [0.29, 0.717) is 12.1 Å². The second-order valence-electron chi connectivity index (χ2n) is 6.52. The van der Waals surface area contributed by atoms with E-state index >= 15 is 0 Å². The SMILES string of the molecule is Cn1nc(C(=O)CS(=O)(=O)c2cc(Cl)ccc2Cl)cc1-c1cc(F)cc(C(F)(F)F)c1. The Balaban J connectivity index is 1.95. The molecular formula is C19H12Cl2F4N2O3S. The van der Waals surface area contributed by atoms with Gasteiger partial charge in [-0.05, 0) is 42.5 Å². The van der Waals surface area contributed by atoms with E-state index in [1.54, 1.807) is 0 Å². The third-order valence-corrected chi connectivity index (χ3v) is 6.56. The molecule has 0 aliphatic carbocycles. The topological polar surface area (TPSA) is 69.0 Å². The summed E-state index contributed by atoms with van der Waals surface area (Å²) in [5.74, 6) is -3.05. The van der Waals surface area contributed by atoms with E-state index < -0.39 is 38.9 Å². The average Bonchev–Trinajstić information content (AvgIpc) is 3.04. The lowest BCUT2D eigenvalue weighted by Crippen LogP contribution is -2.17. The Labute approximate surface area is 184 Å². The fourth-order valence-electron chi connectivity index (χ4n) is 2.81. The normalized spacial score (nSPS) is 12.2. The summed E-state index contributed by atoms with van der Waals surface area (Å²) in [4.78, 5) is 12.2. The molecule has 164 valence electrons. The molecule has 0 bridgehead atoms. The van der Waals surface area contributed by atoms with Crippen LogP contribution in [0.5, 0.6) is 0 Å². The summed E-state index contributed by atoms with van der Waals surface area (Å²) in [7, 11) is -2.86. The van der Waals surface area contributed by atoms with Gasteiger partial charge in [0, 0.05) is 17.6 Å². The summed E-state index contributed by atoms with van der Waals surface area (Å²) in [6.07, 6.45) is -4.78. The zero-order valence-corrected chi connectivity index (χ0v) is 17.9. The molecule has 1 aromatic heterocycles. The van der Waals surface area contributed by atoms with E-state index in [2.05, 4.69) is 5.10 Å². The smallest absolute Gasteiger partial charge is 0.291 e. The van der Waals surface area contributed by atoms with Gasteiger partial charge in [-0.2, -0.15) is 18.3 Å². The molecule has 12 heteroatoms. The van der Waals surface area contributed by atoms with Crippen molar-refractivity contribution in [3.8, 4) is 11.3 Å². The number of aryl methyl sites for hydroxylation is 1. The largest absolute Gasteiger partial charge is 0.416 e. The van der Waals surface area contributed by atoms with Gasteiger partial charge in [-0.15, -0.1) is 0 Å². The van der Waals surface area contributed by atoms with Gasteiger partial charge in [0.05, 0.1) is 21.2 Å². The van der Waals surface area contributed by atoms with Crippen LogP contribution in [0, 0.1) is 5.82 Å². The number of hydrogen-bond donors (Lipinski definition) is 0. The lowest BCUT2D eigenvalue weighted by Gasteiger charge is -2.09. The summed E-state index contributed by atoms with van der Waals surface area (Å²) in [5.41, 5.74) is -1.72. The van der Waals surface area contributed by atoms with Gasteiger partial charge in [0.2, 0.25) is 0 Å². The molecule has 31 heavy (non-hydrogen) atoms. The molecule has 0 spiro atoms. The van der Waals surface area contributed by atoms with Gasteiger partial charge in [-0.1, -0.05) is 23.2 Å². The monoisotopic (exact) mass is 494 g/mol. The number of Topliss-reactive ketones (excluding diaryl/α,β-unsaturated/α-hetero) is 1. The van der Waals surface area contributed by atoms with Crippen LogP contribution in [0.15, 0.2) is 47.4 Å². The number of ketones is 1. The summed E-state index contributed by atoms with van der Waals surface area (Å²) < 4.78 is 78.9. The molecule has 0 radical (unpaired) electrons. The molecule has 0 fully saturated rings. The summed E-state index contributed by atoms with van der Waals surface area (Å²) in [5, 5.41) is 3.84. The molecular weight excluding hydrogens is 483 g/mol. The van der Waals surface area contributed by atoms with Gasteiger partial charge in [0.15, 0.2) is 15.6 Å². The number of carbonyl (C=O) groups excluding carboxylic acids is 1. The van der Waals surface area contributed by atoms with Gasteiger partial charge in [0.1, 0.15) is 17.3 Å². The van der Waals surface area contributed by atoms with E-state index in [1.165, 1.54) is 19.2 Å². The van der Waals surface area contributed by atoms with Crippen LogP contribution >= 0.6 is 23.2 Å². The van der Waals surface area contributed by atoms with E-state index in [4.69, 9.17) is 23.2 Å². The van der Waals surface area contributed by atoms with Gasteiger partial charge in [-0.3, -0.25) is 9.48 Å². The van der Waals surface area contributed by atoms with Crippen molar-refractivity contribution in [3.05, 3.63) is 69.6 Å². The highest BCUT2D eigenvalue weighted by Crippen LogP contribution is 2.33. The fourth-order valence-corrected chi connectivity index (χ4v) is 4.84. The van der Waals surface area contributed by atoms with Crippen LogP contribution in [-0.2, 0) is 23.1 Å². The molecule has 3 aromatic rings. The van der Waals surface area contributed by atoms with E-state index in [0.717, 1.165) is 22.9 Å². The molecule has 0 saturated carbocycles. The number of halogens is 6. The second-order valence-corrected chi connectivity index (χ2v) is 9.32. The Hall–Kier alpha value is -2.43. The Bertz CT molecular complexity index is 1290.